The van der Waals surface area contributed by atoms with E-state index in [0.717, 1.165) is 43.0 Å². The van der Waals surface area contributed by atoms with Gasteiger partial charge in [0, 0.05) is 26.3 Å². The summed E-state index contributed by atoms with van der Waals surface area (Å²) < 4.78 is 1.76. The molecule has 1 aliphatic heterocycles. The number of hydrogen-bond acceptors (Lipinski definition) is 5. The van der Waals surface area contributed by atoms with E-state index in [0.29, 0.717) is 0 Å². The maximum atomic E-state index is 4.56. The fourth-order valence-corrected chi connectivity index (χ4v) is 2.68. The zero-order valence-electron chi connectivity index (χ0n) is 12.0. The lowest BCUT2D eigenvalue weighted by atomic mass is 9.97. The molecule has 0 spiro atoms. The summed E-state index contributed by atoms with van der Waals surface area (Å²) in [5.41, 5.74) is 0.830. The fraction of sp³-hybridized carbons (Fsp3) is 0.615. The minimum Gasteiger partial charge on any atom is -0.340 e. The molecule has 0 bridgehead atoms. The smallest absolute Gasteiger partial charge is 0.245 e. The van der Waals surface area contributed by atoms with Crippen molar-refractivity contribution in [1.82, 2.24) is 30.3 Å². The number of aromatic amines is 1. The van der Waals surface area contributed by atoms with E-state index in [4.69, 9.17) is 0 Å². The maximum absolute atomic E-state index is 4.56. The monoisotopic (exact) mass is 275 g/mol. The Balaban J connectivity index is 1.66. The average Bonchev–Trinajstić information content (AvgIpc) is 3.09. The molecule has 7 heteroatoms. The van der Waals surface area contributed by atoms with Gasteiger partial charge in [-0.2, -0.15) is 10.1 Å². The SMILES string of the molecule is CNCC1CCN(c2n[nH]c(-c3ccn(C)n3)n2)CC1. The third-order valence-corrected chi connectivity index (χ3v) is 3.82. The fourth-order valence-electron chi connectivity index (χ4n) is 2.68. The second-order valence-electron chi connectivity index (χ2n) is 5.35. The van der Waals surface area contributed by atoms with E-state index in [1.165, 1.54) is 12.8 Å². The van der Waals surface area contributed by atoms with Gasteiger partial charge in [-0.05, 0) is 38.4 Å². The van der Waals surface area contributed by atoms with Gasteiger partial charge in [0.1, 0.15) is 5.69 Å². The molecular weight excluding hydrogens is 254 g/mol. The Morgan fingerprint density at radius 1 is 1.40 bits per heavy atom. The number of piperidine rings is 1. The molecule has 7 nitrogen and oxygen atoms in total. The third kappa shape index (κ3) is 2.67. The molecule has 0 aromatic carbocycles. The van der Waals surface area contributed by atoms with E-state index in [9.17, 15) is 0 Å². The van der Waals surface area contributed by atoms with Crippen molar-refractivity contribution in [1.29, 1.82) is 0 Å². The molecule has 3 rings (SSSR count). The van der Waals surface area contributed by atoms with Crippen LogP contribution < -0.4 is 10.2 Å². The lowest BCUT2D eigenvalue weighted by Gasteiger charge is -2.30. The molecular formula is C13H21N7. The molecule has 0 saturated carbocycles. The molecule has 1 saturated heterocycles. The Labute approximate surface area is 118 Å². The van der Waals surface area contributed by atoms with Crippen LogP contribution in [0.1, 0.15) is 12.8 Å². The molecule has 0 unspecified atom stereocenters. The van der Waals surface area contributed by atoms with Crippen molar-refractivity contribution in [2.45, 2.75) is 12.8 Å². The number of anilines is 1. The highest BCUT2D eigenvalue weighted by Gasteiger charge is 2.21. The highest BCUT2D eigenvalue weighted by Crippen LogP contribution is 2.21. The summed E-state index contributed by atoms with van der Waals surface area (Å²) >= 11 is 0. The first-order chi connectivity index (χ1) is 9.76. The summed E-state index contributed by atoms with van der Waals surface area (Å²) in [7, 11) is 3.91. The molecule has 2 aromatic rings. The van der Waals surface area contributed by atoms with Gasteiger partial charge in [0.15, 0.2) is 5.82 Å². The van der Waals surface area contributed by atoms with Crippen molar-refractivity contribution in [3.05, 3.63) is 12.3 Å². The van der Waals surface area contributed by atoms with Crippen LogP contribution in [0.4, 0.5) is 5.95 Å². The molecule has 1 fully saturated rings. The number of H-pyrrole nitrogens is 1. The van der Waals surface area contributed by atoms with E-state index in [1.54, 1.807) is 4.68 Å². The maximum Gasteiger partial charge on any atom is 0.245 e. The summed E-state index contributed by atoms with van der Waals surface area (Å²) in [6.45, 7) is 3.14. The quantitative estimate of drug-likeness (QED) is 0.856. The normalized spacial score (nSPS) is 16.8. The van der Waals surface area contributed by atoms with Gasteiger partial charge in [0.25, 0.3) is 0 Å². The standard InChI is InChI=1S/C13H21N7/c1-14-9-10-3-7-20(8-4-10)13-15-12(16-17-13)11-5-6-19(2)18-11/h5-6,10,14H,3-4,7-9H2,1-2H3,(H,15,16,17). The van der Waals surface area contributed by atoms with Crippen LogP contribution in [0.2, 0.25) is 0 Å². The second-order valence-corrected chi connectivity index (χ2v) is 5.35. The molecule has 108 valence electrons. The topological polar surface area (TPSA) is 74.7 Å². The third-order valence-electron chi connectivity index (χ3n) is 3.82. The lowest BCUT2D eigenvalue weighted by molar-refractivity contribution is 0.391. The molecule has 0 radical (unpaired) electrons. The molecule has 0 atom stereocenters. The van der Waals surface area contributed by atoms with E-state index >= 15 is 0 Å². The first-order valence-corrected chi connectivity index (χ1v) is 7.08. The van der Waals surface area contributed by atoms with Gasteiger partial charge < -0.3 is 10.2 Å². The van der Waals surface area contributed by atoms with E-state index in [-0.39, 0.29) is 0 Å². The molecule has 2 N–H and O–H groups in total. The number of rotatable bonds is 4. The van der Waals surface area contributed by atoms with Crippen molar-refractivity contribution in [2.75, 3.05) is 31.6 Å². The summed E-state index contributed by atoms with van der Waals surface area (Å²) in [4.78, 5) is 6.80. The Kier molecular flexibility index (Phi) is 3.68. The van der Waals surface area contributed by atoms with Crippen molar-refractivity contribution < 1.29 is 0 Å². The molecule has 0 aliphatic carbocycles. The average molecular weight is 275 g/mol. The number of aromatic nitrogens is 5. The van der Waals surface area contributed by atoms with Crippen molar-refractivity contribution in [3.63, 3.8) is 0 Å². The number of nitrogens with one attached hydrogen (secondary N) is 2. The Morgan fingerprint density at radius 3 is 2.85 bits per heavy atom. The highest BCUT2D eigenvalue weighted by molar-refractivity contribution is 5.50. The van der Waals surface area contributed by atoms with Crippen LogP contribution in [-0.4, -0.2) is 51.6 Å². The number of hydrogen-bond donors (Lipinski definition) is 2. The summed E-state index contributed by atoms with van der Waals surface area (Å²) in [5.74, 6) is 2.29. The minimum atomic E-state index is 0.734. The largest absolute Gasteiger partial charge is 0.340 e. The predicted molar refractivity (Wildman–Crippen MR) is 77.4 cm³/mol. The van der Waals surface area contributed by atoms with E-state index in [2.05, 4.69) is 30.5 Å². The summed E-state index contributed by atoms with van der Waals surface area (Å²) in [6, 6.07) is 1.93. The molecule has 20 heavy (non-hydrogen) atoms. The molecule has 1 aliphatic rings. The Hall–Kier alpha value is -1.89. The van der Waals surface area contributed by atoms with Crippen molar-refractivity contribution in [2.24, 2.45) is 13.0 Å². The van der Waals surface area contributed by atoms with Crippen LogP contribution >= 0.6 is 0 Å². The molecule has 0 amide bonds. The second kappa shape index (κ2) is 5.62. The lowest BCUT2D eigenvalue weighted by Crippen LogP contribution is -2.37. The Morgan fingerprint density at radius 2 is 2.20 bits per heavy atom. The van der Waals surface area contributed by atoms with Crippen LogP contribution in [0.25, 0.3) is 11.5 Å². The van der Waals surface area contributed by atoms with Crippen LogP contribution in [0.15, 0.2) is 12.3 Å². The van der Waals surface area contributed by atoms with Crippen LogP contribution in [0, 0.1) is 5.92 Å². The van der Waals surface area contributed by atoms with Crippen molar-refractivity contribution in [3.8, 4) is 11.5 Å². The van der Waals surface area contributed by atoms with E-state index in [1.807, 2.05) is 26.4 Å². The van der Waals surface area contributed by atoms with Gasteiger partial charge in [0.2, 0.25) is 5.95 Å². The zero-order valence-corrected chi connectivity index (χ0v) is 12.0. The van der Waals surface area contributed by atoms with Gasteiger partial charge in [-0.25, -0.2) is 0 Å². The summed E-state index contributed by atoms with van der Waals surface area (Å²) in [5, 5.41) is 14.9. The first-order valence-electron chi connectivity index (χ1n) is 7.08. The highest BCUT2D eigenvalue weighted by atomic mass is 15.4. The first kappa shape index (κ1) is 13.1. The van der Waals surface area contributed by atoms with Gasteiger partial charge in [-0.3, -0.25) is 9.78 Å². The number of aryl methyl sites for hydroxylation is 1. The molecule has 3 heterocycles. The minimum absolute atomic E-state index is 0.734. The predicted octanol–water partition coefficient (Wildman–Crippen LogP) is 0.641. The van der Waals surface area contributed by atoms with E-state index < -0.39 is 0 Å². The van der Waals surface area contributed by atoms with Gasteiger partial charge in [0.05, 0.1) is 0 Å². The Bertz CT molecular complexity index is 551. The van der Waals surface area contributed by atoms with Gasteiger partial charge in [-0.1, -0.05) is 0 Å². The van der Waals surface area contributed by atoms with Crippen molar-refractivity contribution >= 4 is 5.95 Å². The van der Waals surface area contributed by atoms with Gasteiger partial charge in [-0.15, -0.1) is 5.10 Å². The zero-order chi connectivity index (χ0) is 13.9. The van der Waals surface area contributed by atoms with Crippen LogP contribution in [-0.2, 0) is 7.05 Å². The van der Waals surface area contributed by atoms with Crippen LogP contribution in [0.5, 0.6) is 0 Å². The molecule has 2 aromatic heterocycles. The number of nitrogens with zero attached hydrogens (tertiary/aromatic N) is 5. The summed E-state index contributed by atoms with van der Waals surface area (Å²) in [6.07, 6.45) is 4.28. The van der Waals surface area contributed by atoms with Gasteiger partial charge >= 0.3 is 0 Å². The van der Waals surface area contributed by atoms with Crippen LogP contribution in [0.3, 0.4) is 0 Å².